The van der Waals surface area contributed by atoms with Crippen molar-refractivity contribution in [3.8, 4) is 0 Å². The summed E-state index contributed by atoms with van der Waals surface area (Å²) >= 11 is 5.27. The molecule has 0 spiro atoms. The molecule has 1 aromatic heterocycles. The van der Waals surface area contributed by atoms with Crippen LogP contribution >= 0.6 is 11.6 Å². The van der Waals surface area contributed by atoms with Crippen LogP contribution in [0.25, 0.3) is 0 Å². The number of nitrogens with zero attached hydrogens (tertiary/aromatic N) is 3. The molecule has 6 heteroatoms. The van der Waals surface area contributed by atoms with Crippen LogP contribution in [-0.2, 0) is 11.3 Å². The van der Waals surface area contributed by atoms with E-state index in [4.69, 9.17) is 11.6 Å². The van der Waals surface area contributed by atoms with Crippen LogP contribution in [0.15, 0.2) is 12.4 Å². The van der Waals surface area contributed by atoms with Gasteiger partial charge in [0.25, 0.3) is 0 Å². The predicted octanol–water partition coefficient (Wildman–Crippen LogP) is -0.367. The Morgan fingerprint density at radius 2 is 2.50 bits per heavy atom. The van der Waals surface area contributed by atoms with Crippen LogP contribution in [0.1, 0.15) is 0 Å². The van der Waals surface area contributed by atoms with Gasteiger partial charge in [0.2, 0.25) is 5.91 Å². The van der Waals surface area contributed by atoms with Crippen LogP contribution in [0, 0.1) is 0 Å². The molecule has 0 aliphatic rings. The minimum absolute atomic E-state index is 0.00262. The second-order valence-electron chi connectivity index (χ2n) is 2.15. The van der Waals surface area contributed by atoms with E-state index >= 15 is 0 Å². The molecule has 0 radical (unpaired) electrons. The lowest BCUT2D eigenvalue weighted by atomic mass is 10.6. The topological polar surface area (TPSA) is 59.8 Å². The predicted molar refractivity (Wildman–Crippen MR) is 43.8 cm³/mol. The van der Waals surface area contributed by atoms with Gasteiger partial charge >= 0.3 is 0 Å². The van der Waals surface area contributed by atoms with E-state index in [1.165, 1.54) is 0 Å². The van der Waals surface area contributed by atoms with Crippen molar-refractivity contribution in [3.63, 3.8) is 0 Å². The lowest BCUT2D eigenvalue weighted by molar-refractivity contribution is -0.118. The summed E-state index contributed by atoms with van der Waals surface area (Å²) in [6, 6.07) is 0. The Bertz CT molecular complexity index is 236. The molecule has 0 atom stereocenters. The Labute approximate surface area is 74.7 Å². The highest BCUT2D eigenvalue weighted by Crippen LogP contribution is 1.79. The number of amides is 1. The van der Waals surface area contributed by atoms with E-state index < -0.39 is 0 Å². The molecule has 0 aliphatic heterocycles. The van der Waals surface area contributed by atoms with Gasteiger partial charge in [-0.1, -0.05) is 5.21 Å². The van der Waals surface area contributed by atoms with Gasteiger partial charge in [0.05, 0.1) is 12.7 Å². The van der Waals surface area contributed by atoms with Gasteiger partial charge in [0.1, 0.15) is 5.88 Å². The normalized spacial score (nSPS) is 9.75. The quantitative estimate of drug-likeness (QED) is 0.657. The maximum absolute atomic E-state index is 10.7. The first-order chi connectivity index (χ1) is 5.83. The van der Waals surface area contributed by atoms with Crippen molar-refractivity contribution in [1.82, 2.24) is 20.3 Å². The van der Waals surface area contributed by atoms with E-state index in [0.29, 0.717) is 13.1 Å². The van der Waals surface area contributed by atoms with Gasteiger partial charge in [0, 0.05) is 12.7 Å². The van der Waals surface area contributed by atoms with Crippen LogP contribution < -0.4 is 5.32 Å². The van der Waals surface area contributed by atoms with Gasteiger partial charge in [-0.15, -0.1) is 16.7 Å². The number of rotatable bonds is 4. The molecule has 1 heterocycles. The fourth-order valence-corrected chi connectivity index (χ4v) is 0.804. The summed E-state index contributed by atoms with van der Waals surface area (Å²) in [7, 11) is 0. The number of halogens is 1. The summed E-state index contributed by atoms with van der Waals surface area (Å²) in [5.74, 6) is -0.172. The molecule has 1 N–H and O–H groups in total. The van der Waals surface area contributed by atoms with E-state index in [-0.39, 0.29) is 11.8 Å². The van der Waals surface area contributed by atoms with E-state index in [1.54, 1.807) is 17.1 Å². The summed E-state index contributed by atoms with van der Waals surface area (Å²) < 4.78 is 1.63. The van der Waals surface area contributed by atoms with Crippen molar-refractivity contribution in [3.05, 3.63) is 12.4 Å². The molecule has 0 fully saturated rings. The summed E-state index contributed by atoms with van der Waals surface area (Å²) in [6.07, 6.45) is 3.32. The van der Waals surface area contributed by atoms with E-state index in [9.17, 15) is 4.79 Å². The number of carbonyl (C=O) groups excluding carboxylic acids is 1. The van der Waals surface area contributed by atoms with Crippen LogP contribution in [0.3, 0.4) is 0 Å². The molecular weight excluding hydrogens is 180 g/mol. The monoisotopic (exact) mass is 188 g/mol. The Kier molecular flexibility index (Phi) is 3.53. The van der Waals surface area contributed by atoms with Gasteiger partial charge < -0.3 is 5.32 Å². The first-order valence-electron chi connectivity index (χ1n) is 3.49. The highest BCUT2D eigenvalue weighted by molar-refractivity contribution is 6.27. The molecule has 0 saturated carbocycles. The van der Waals surface area contributed by atoms with Gasteiger partial charge in [0.15, 0.2) is 0 Å². The third kappa shape index (κ3) is 2.87. The van der Waals surface area contributed by atoms with Crippen molar-refractivity contribution in [2.75, 3.05) is 12.4 Å². The minimum Gasteiger partial charge on any atom is -0.353 e. The molecule has 0 saturated heterocycles. The number of nitrogens with one attached hydrogen (secondary N) is 1. The van der Waals surface area contributed by atoms with E-state index in [0.717, 1.165) is 0 Å². The average Bonchev–Trinajstić information content (AvgIpc) is 2.57. The third-order valence-corrected chi connectivity index (χ3v) is 1.50. The summed E-state index contributed by atoms with van der Waals surface area (Å²) in [5, 5.41) is 9.95. The number of hydrogen-bond donors (Lipinski definition) is 1. The first kappa shape index (κ1) is 8.99. The Morgan fingerprint density at radius 3 is 3.08 bits per heavy atom. The largest absolute Gasteiger partial charge is 0.353 e. The van der Waals surface area contributed by atoms with Gasteiger partial charge in [-0.25, -0.2) is 0 Å². The van der Waals surface area contributed by atoms with Crippen LogP contribution in [0.2, 0.25) is 0 Å². The maximum atomic E-state index is 10.7. The zero-order chi connectivity index (χ0) is 8.81. The zero-order valence-corrected chi connectivity index (χ0v) is 7.16. The molecule has 1 amide bonds. The molecule has 1 aromatic rings. The molecule has 1 rings (SSSR count). The molecule has 12 heavy (non-hydrogen) atoms. The lowest BCUT2D eigenvalue weighted by Gasteiger charge is -2.01. The number of alkyl halides is 1. The molecule has 66 valence electrons. The molecule has 0 unspecified atom stereocenters. The highest BCUT2D eigenvalue weighted by atomic mass is 35.5. The molecule has 0 bridgehead atoms. The minimum atomic E-state index is -0.170. The van der Waals surface area contributed by atoms with Crippen molar-refractivity contribution in [2.24, 2.45) is 0 Å². The SMILES string of the molecule is O=C(CCl)NCCn1ccnn1. The van der Waals surface area contributed by atoms with Crippen molar-refractivity contribution >= 4 is 17.5 Å². The van der Waals surface area contributed by atoms with Crippen LogP contribution in [0.5, 0.6) is 0 Å². The second kappa shape index (κ2) is 4.71. The second-order valence-corrected chi connectivity index (χ2v) is 2.42. The molecular formula is C6H9ClN4O. The molecule has 0 aromatic carbocycles. The van der Waals surface area contributed by atoms with Crippen molar-refractivity contribution in [2.45, 2.75) is 6.54 Å². The summed E-state index contributed by atoms with van der Waals surface area (Å²) in [6.45, 7) is 1.14. The van der Waals surface area contributed by atoms with Crippen LogP contribution in [0.4, 0.5) is 0 Å². The first-order valence-corrected chi connectivity index (χ1v) is 4.03. The van der Waals surface area contributed by atoms with E-state index in [2.05, 4.69) is 15.6 Å². The average molecular weight is 189 g/mol. The smallest absolute Gasteiger partial charge is 0.234 e. The summed E-state index contributed by atoms with van der Waals surface area (Å²) in [4.78, 5) is 10.7. The lowest BCUT2D eigenvalue weighted by Crippen LogP contribution is -2.28. The number of carbonyl (C=O) groups is 1. The molecule has 0 aliphatic carbocycles. The number of aromatic nitrogens is 3. The fourth-order valence-electron chi connectivity index (χ4n) is 0.709. The molecule has 5 nitrogen and oxygen atoms in total. The standard InChI is InChI=1S/C6H9ClN4O/c7-5-6(12)8-1-3-11-4-2-9-10-11/h2,4H,1,3,5H2,(H,8,12). The van der Waals surface area contributed by atoms with Gasteiger partial charge in [-0.3, -0.25) is 9.48 Å². The van der Waals surface area contributed by atoms with Crippen molar-refractivity contribution < 1.29 is 4.79 Å². The third-order valence-electron chi connectivity index (χ3n) is 1.26. The van der Waals surface area contributed by atoms with Gasteiger partial charge in [-0.2, -0.15) is 0 Å². The highest BCUT2D eigenvalue weighted by Gasteiger charge is 1.96. The fraction of sp³-hybridized carbons (Fsp3) is 0.500. The zero-order valence-electron chi connectivity index (χ0n) is 6.40. The van der Waals surface area contributed by atoms with Crippen molar-refractivity contribution in [1.29, 1.82) is 0 Å². The number of hydrogen-bond acceptors (Lipinski definition) is 3. The van der Waals surface area contributed by atoms with Gasteiger partial charge in [-0.05, 0) is 0 Å². The Hall–Kier alpha value is -1.10. The van der Waals surface area contributed by atoms with Crippen LogP contribution in [-0.4, -0.2) is 33.3 Å². The maximum Gasteiger partial charge on any atom is 0.234 e. The summed E-state index contributed by atoms with van der Waals surface area (Å²) in [5.41, 5.74) is 0. The Balaban J connectivity index is 2.15. The van der Waals surface area contributed by atoms with E-state index in [1.807, 2.05) is 0 Å². The Morgan fingerprint density at radius 1 is 1.67 bits per heavy atom.